The second-order valence-corrected chi connectivity index (χ2v) is 8.16. The number of amides is 1. The van der Waals surface area contributed by atoms with Gasteiger partial charge in [0.15, 0.2) is 0 Å². The zero-order valence-electron chi connectivity index (χ0n) is 20.7. The number of hydrogen-bond donors (Lipinski definition) is 3. The topological polar surface area (TPSA) is 147 Å². The molecule has 0 saturated carbocycles. The standard InChI is InChI=1S/C24H32N6O5/c1-6-30(7-2)24-26-16(5)10-19(27-24)23-28-22(29-35-23)17-8-14(3)21(15(4)9-17)34-13-18(32)11-25-20(33)12-31/h8-10,18,31-32H,6-7,11-13H2,1-5H3,(H,25,33)/t18-/m1/s1. The van der Waals surface area contributed by atoms with Gasteiger partial charge in [-0.25, -0.2) is 9.97 Å². The third kappa shape index (κ3) is 6.52. The number of anilines is 1. The van der Waals surface area contributed by atoms with Gasteiger partial charge in [0.2, 0.25) is 17.7 Å². The predicted molar refractivity (Wildman–Crippen MR) is 130 cm³/mol. The minimum atomic E-state index is -0.915. The van der Waals surface area contributed by atoms with Crippen LogP contribution in [-0.2, 0) is 4.79 Å². The van der Waals surface area contributed by atoms with E-state index in [1.807, 2.05) is 52.8 Å². The molecular weight excluding hydrogens is 452 g/mol. The summed E-state index contributed by atoms with van der Waals surface area (Å²) in [5, 5.41) is 25.3. The van der Waals surface area contributed by atoms with Gasteiger partial charge in [-0.15, -0.1) is 0 Å². The van der Waals surface area contributed by atoms with Crippen molar-refractivity contribution in [1.82, 2.24) is 25.4 Å². The fourth-order valence-corrected chi connectivity index (χ4v) is 3.59. The van der Waals surface area contributed by atoms with Gasteiger partial charge in [0.05, 0.1) is 0 Å². The Labute approximate surface area is 204 Å². The van der Waals surface area contributed by atoms with Crippen molar-refractivity contribution >= 4 is 11.9 Å². The van der Waals surface area contributed by atoms with E-state index < -0.39 is 18.6 Å². The van der Waals surface area contributed by atoms with Crippen molar-refractivity contribution in [2.45, 2.75) is 40.7 Å². The fourth-order valence-electron chi connectivity index (χ4n) is 3.59. The molecule has 2 heterocycles. The van der Waals surface area contributed by atoms with Crippen molar-refractivity contribution < 1.29 is 24.3 Å². The van der Waals surface area contributed by atoms with E-state index in [-0.39, 0.29) is 13.2 Å². The van der Waals surface area contributed by atoms with Gasteiger partial charge in [-0.2, -0.15) is 4.98 Å². The number of nitrogens with zero attached hydrogens (tertiary/aromatic N) is 5. The molecule has 3 aromatic rings. The highest BCUT2D eigenvalue weighted by Crippen LogP contribution is 2.30. The van der Waals surface area contributed by atoms with Crippen LogP contribution in [0.2, 0.25) is 0 Å². The first-order valence-electron chi connectivity index (χ1n) is 11.5. The zero-order chi connectivity index (χ0) is 25.5. The van der Waals surface area contributed by atoms with Crippen molar-refractivity contribution in [1.29, 1.82) is 0 Å². The molecular formula is C24H32N6O5. The molecule has 3 rings (SSSR count). The molecule has 2 aromatic heterocycles. The maximum atomic E-state index is 11.1. The van der Waals surface area contributed by atoms with Gasteiger partial charge < -0.3 is 29.7 Å². The number of aliphatic hydroxyl groups excluding tert-OH is 2. The lowest BCUT2D eigenvalue weighted by molar-refractivity contribution is -0.124. The van der Waals surface area contributed by atoms with Gasteiger partial charge in [0.1, 0.15) is 30.8 Å². The van der Waals surface area contributed by atoms with Crippen LogP contribution in [0.4, 0.5) is 5.95 Å². The lowest BCUT2D eigenvalue weighted by Crippen LogP contribution is -2.36. The number of carbonyl (C=O) groups excluding carboxylic acids is 1. The Bertz CT molecular complexity index is 1140. The Morgan fingerprint density at radius 3 is 2.43 bits per heavy atom. The molecule has 0 saturated heterocycles. The number of hydrogen-bond acceptors (Lipinski definition) is 10. The van der Waals surface area contributed by atoms with E-state index in [1.54, 1.807) is 0 Å². The smallest absolute Gasteiger partial charge is 0.277 e. The SMILES string of the molecule is CCN(CC)c1nc(C)cc(-c2nc(-c3cc(C)c(OC[C@H](O)CNC(=O)CO)c(C)c3)no2)n1. The van der Waals surface area contributed by atoms with Crippen LogP contribution in [-0.4, -0.2) is 75.2 Å². The highest BCUT2D eigenvalue weighted by molar-refractivity contribution is 5.76. The number of benzene rings is 1. The number of nitrogens with one attached hydrogen (secondary N) is 1. The summed E-state index contributed by atoms with van der Waals surface area (Å²) in [6.45, 7) is 10.7. The largest absolute Gasteiger partial charge is 0.490 e. The van der Waals surface area contributed by atoms with Crippen molar-refractivity contribution in [2.75, 3.05) is 37.7 Å². The van der Waals surface area contributed by atoms with Gasteiger partial charge in [-0.1, -0.05) is 5.16 Å². The van der Waals surface area contributed by atoms with E-state index in [0.717, 1.165) is 35.5 Å². The highest BCUT2D eigenvalue weighted by atomic mass is 16.5. The van der Waals surface area contributed by atoms with E-state index in [0.29, 0.717) is 29.1 Å². The summed E-state index contributed by atoms with van der Waals surface area (Å²) in [6, 6.07) is 5.57. The van der Waals surface area contributed by atoms with Gasteiger partial charge in [0, 0.05) is 30.9 Å². The number of carbonyl (C=O) groups is 1. The number of aliphatic hydroxyl groups is 2. The van der Waals surface area contributed by atoms with E-state index >= 15 is 0 Å². The highest BCUT2D eigenvalue weighted by Gasteiger charge is 2.18. The lowest BCUT2D eigenvalue weighted by atomic mass is 10.1. The first-order chi connectivity index (χ1) is 16.7. The molecule has 0 unspecified atom stereocenters. The molecule has 0 aliphatic heterocycles. The summed E-state index contributed by atoms with van der Waals surface area (Å²) in [7, 11) is 0. The van der Waals surface area contributed by atoms with E-state index in [1.165, 1.54) is 0 Å². The van der Waals surface area contributed by atoms with Gasteiger partial charge >= 0.3 is 0 Å². The summed E-state index contributed by atoms with van der Waals surface area (Å²) >= 11 is 0. The summed E-state index contributed by atoms with van der Waals surface area (Å²) in [6.07, 6.45) is -0.915. The minimum absolute atomic E-state index is 0.0129. The minimum Gasteiger partial charge on any atom is -0.490 e. The molecule has 11 heteroatoms. The number of aromatic nitrogens is 4. The zero-order valence-corrected chi connectivity index (χ0v) is 20.7. The maximum Gasteiger partial charge on any atom is 0.277 e. The molecule has 11 nitrogen and oxygen atoms in total. The van der Waals surface area contributed by atoms with Gasteiger partial charge in [-0.05, 0) is 63.9 Å². The average molecular weight is 485 g/mol. The quantitative estimate of drug-likeness (QED) is 0.368. The Morgan fingerprint density at radius 2 is 1.80 bits per heavy atom. The Morgan fingerprint density at radius 1 is 1.11 bits per heavy atom. The fraction of sp³-hybridized carbons (Fsp3) is 0.458. The van der Waals surface area contributed by atoms with Crippen molar-refractivity contribution in [3.8, 4) is 28.7 Å². The van der Waals surface area contributed by atoms with Crippen LogP contribution < -0.4 is 15.0 Å². The van der Waals surface area contributed by atoms with Crippen LogP contribution in [0.25, 0.3) is 23.0 Å². The Kier molecular flexibility index (Phi) is 8.72. The Hall–Kier alpha value is -3.57. The average Bonchev–Trinajstić information content (AvgIpc) is 3.33. The summed E-state index contributed by atoms with van der Waals surface area (Å²) in [5.41, 5.74) is 3.80. The molecule has 0 aliphatic rings. The van der Waals surface area contributed by atoms with Crippen LogP contribution in [0.15, 0.2) is 22.7 Å². The van der Waals surface area contributed by atoms with Crippen LogP contribution in [0.5, 0.6) is 5.75 Å². The molecule has 0 radical (unpaired) electrons. The molecule has 0 aliphatic carbocycles. The van der Waals surface area contributed by atoms with Gasteiger partial charge in [0.25, 0.3) is 5.89 Å². The van der Waals surface area contributed by atoms with Crippen LogP contribution >= 0.6 is 0 Å². The normalized spacial score (nSPS) is 11.9. The number of aryl methyl sites for hydroxylation is 3. The van der Waals surface area contributed by atoms with Crippen molar-refractivity contribution in [3.05, 3.63) is 35.0 Å². The summed E-state index contributed by atoms with van der Waals surface area (Å²) in [5.74, 6) is 1.42. The van der Waals surface area contributed by atoms with Crippen LogP contribution in [0, 0.1) is 20.8 Å². The predicted octanol–water partition coefficient (Wildman–Crippen LogP) is 1.81. The maximum absolute atomic E-state index is 11.1. The van der Waals surface area contributed by atoms with Crippen molar-refractivity contribution in [3.63, 3.8) is 0 Å². The third-order valence-corrected chi connectivity index (χ3v) is 5.35. The van der Waals surface area contributed by atoms with Crippen molar-refractivity contribution in [2.24, 2.45) is 0 Å². The lowest BCUT2D eigenvalue weighted by Gasteiger charge is -2.18. The number of ether oxygens (including phenoxy) is 1. The van der Waals surface area contributed by atoms with Crippen LogP contribution in [0.3, 0.4) is 0 Å². The van der Waals surface area contributed by atoms with E-state index in [4.69, 9.17) is 14.4 Å². The molecule has 0 fully saturated rings. The summed E-state index contributed by atoms with van der Waals surface area (Å²) in [4.78, 5) is 26.8. The second kappa shape index (κ2) is 11.7. The molecule has 1 atom stereocenters. The summed E-state index contributed by atoms with van der Waals surface area (Å²) < 4.78 is 11.3. The van der Waals surface area contributed by atoms with Crippen LogP contribution in [0.1, 0.15) is 30.7 Å². The molecule has 3 N–H and O–H groups in total. The molecule has 1 aromatic carbocycles. The third-order valence-electron chi connectivity index (χ3n) is 5.35. The first-order valence-corrected chi connectivity index (χ1v) is 11.5. The molecule has 188 valence electrons. The molecule has 0 bridgehead atoms. The number of rotatable bonds is 11. The van der Waals surface area contributed by atoms with Gasteiger partial charge in [-0.3, -0.25) is 4.79 Å². The first kappa shape index (κ1) is 26.0. The van der Waals surface area contributed by atoms with E-state index in [9.17, 15) is 9.90 Å². The molecule has 0 spiro atoms. The monoisotopic (exact) mass is 484 g/mol. The second-order valence-electron chi connectivity index (χ2n) is 8.16. The Balaban J connectivity index is 1.77. The molecule has 1 amide bonds. The van der Waals surface area contributed by atoms with E-state index in [2.05, 4.69) is 30.3 Å². The molecule has 35 heavy (non-hydrogen) atoms.